The number of amides is 2. The molecule has 1 saturated carbocycles. The van der Waals surface area contributed by atoms with Crippen molar-refractivity contribution >= 4 is 17.5 Å². The van der Waals surface area contributed by atoms with Gasteiger partial charge in [0, 0.05) is 24.3 Å². The summed E-state index contributed by atoms with van der Waals surface area (Å²) < 4.78 is 0. The van der Waals surface area contributed by atoms with Crippen molar-refractivity contribution < 1.29 is 9.59 Å². The Hall–Kier alpha value is -2.42. The van der Waals surface area contributed by atoms with Gasteiger partial charge in [-0.15, -0.1) is 0 Å². The van der Waals surface area contributed by atoms with Gasteiger partial charge in [-0.1, -0.05) is 26.2 Å². The SMILES string of the molecule is CCC(=O)N(c1ccnc(C(=O)NC(C)(C)C#N)c1)C1CCCCC1. The first-order valence-electron chi connectivity index (χ1n) is 8.90. The molecule has 1 aliphatic rings. The first-order chi connectivity index (χ1) is 11.9. The normalized spacial score (nSPS) is 15.3. The number of carbonyl (C=O) groups excluding carboxylic acids is 2. The minimum atomic E-state index is -0.975. The van der Waals surface area contributed by atoms with Gasteiger partial charge in [0.05, 0.1) is 6.07 Å². The Labute approximate surface area is 149 Å². The van der Waals surface area contributed by atoms with Gasteiger partial charge in [0.25, 0.3) is 5.91 Å². The Morgan fingerprint density at radius 2 is 2.04 bits per heavy atom. The van der Waals surface area contributed by atoms with Crippen molar-refractivity contribution in [1.82, 2.24) is 10.3 Å². The lowest BCUT2D eigenvalue weighted by Gasteiger charge is -2.34. The summed E-state index contributed by atoms with van der Waals surface area (Å²) in [7, 11) is 0. The molecule has 0 saturated heterocycles. The van der Waals surface area contributed by atoms with Crippen LogP contribution in [-0.4, -0.2) is 28.4 Å². The summed E-state index contributed by atoms with van der Waals surface area (Å²) in [4.78, 5) is 30.8. The summed E-state index contributed by atoms with van der Waals surface area (Å²) in [5, 5.41) is 11.7. The third kappa shape index (κ3) is 4.79. The molecular weight excluding hydrogens is 316 g/mol. The van der Waals surface area contributed by atoms with Gasteiger partial charge in [-0.3, -0.25) is 14.6 Å². The number of aromatic nitrogens is 1. The molecule has 0 spiro atoms. The van der Waals surface area contributed by atoms with Crippen LogP contribution < -0.4 is 10.2 Å². The van der Waals surface area contributed by atoms with Crippen molar-refractivity contribution in [2.75, 3.05) is 4.90 Å². The van der Waals surface area contributed by atoms with Crippen molar-refractivity contribution in [3.05, 3.63) is 24.0 Å². The van der Waals surface area contributed by atoms with Crippen LogP contribution in [0.1, 0.15) is 69.8 Å². The molecule has 2 amide bonds. The maximum atomic E-state index is 12.5. The van der Waals surface area contributed by atoms with E-state index in [0.717, 1.165) is 25.7 Å². The van der Waals surface area contributed by atoms with Crippen LogP contribution in [0, 0.1) is 11.3 Å². The minimum absolute atomic E-state index is 0.0572. The van der Waals surface area contributed by atoms with E-state index in [1.807, 2.05) is 17.9 Å². The van der Waals surface area contributed by atoms with E-state index in [1.165, 1.54) is 6.42 Å². The van der Waals surface area contributed by atoms with Crippen LogP contribution in [0.2, 0.25) is 0 Å². The number of hydrogen-bond donors (Lipinski definition) is 1. The third-order valence-corrected chi connectivity index (χ3v) is 4.47. The monoisotopic (exact) mass is 342 g/mol. The Morgan fingerprint density at radius 1 is 1.36 bits per heavy atom. The molecule has 6 heteroatoms. The second kappa shape index (κ2) is 8.11. The number of pyridine rings is 1. The zero-order valence-corrected chi connectivity index (χ0v) is 15.2. The number of hydrogen-bond acceptors (Lipinski definition) is 4. The van der Waals surface area contributed by atoms with Crippen LogP contribution in [0.3, 0.4) is 0 Å². The molecule has 0 bridgehead atoms. The van der Waals surface area contributed by atoms with Crippen molar-refractivity contribution in [3.63, 3.8) is 0 Å². The van der Waals surface area contributed by atoms with Crippen LogP contribution in [-0.2, 0) is 4.79 Å². The van der Waals surface area contributed by atoms with Crippen LogP contribution >= 0.6 is 0 Å². The number of carbonyl (C=O) groups is 2. The fraction of sp³-hybridized carbons (Fsp3) is 0.579. The second-order valence-corrected chi connectivity index (χ2v) is 7.00. The first kappa shape index (κ1) is 18.9. The predicted octanol–water partition coefficient (Wildman–Crippen LogP) is 3.19. The number of anilines is 1. The molecule has 1 N–H and O–H groups in total. The number of nitrogens with zero attached hydrogens (tertiary/aromatic N) is 3. The highest BCUT2D eigenvalue weighted by atomic mass is 16.2. The highest BCUT2D eigenvalue weighted by Gasteiger charge is 2.27. The maximum Gasteiger partial charge on any atom is 0.271 e. The lowest BCUT2D eigenvalue weighted by atomic mass is 9.93. The van der Waals surface area contributed by atoms with Gasteiger partial charge >= 0.3 is 0 Å². The smallest absolute Gasteiger partial charge is 0.271 e. The fourth-order valence-corrected chi connectivity index (χ4v) is 3.14. The lowest BCUT2D eigenvalue weighted by Crippen LogP contribution is -2.43. The van der Waals surface area contributed by atoms with E-state index >= 15 is 0 Å². The Bertz CT molecular complexity index is 672. The van der Waals surface area contributed by atoms with Gasteiger partial charge in [-0.05, 0) is 38.8 Å². The summed E-state index contributed by atoms with van der Waals surface area (Å²) >= 11 is 0. The molecule has 1 aliphatic carbocycles. The fourth-order valence-electron chi connectivity index (χ4n) is 3.14. The topological polar surface area (TPSA) is 86.1 Å². The molecule has 0 aliphatic heterocycles. The van der Waals surface area contributed by atoms with Crippen molar-refractivity contribution in [1.29, 1.82) is 5.26 Å². The van der Waals surface area contributed by atoms with Gasteiger partial charge in [0.1, 0.15) is 11.2 Å². The van der Waals surface area contributed by atoms with Crippen molar-refractivity contribution in [2.24, 2.45) is 0 Å². The van der Waals surface area contributed by atoms with E-state index in [4.69, 9.17) is 5.26 Å². The molecule has 134 valence electrons. The molecule has 0 unspecified atom stereocenters. The molecule has 1 aromatic heterocycles. The quantitative estimate of drug-likeness (QED) is 0.890. The molecular formula is C19H26N4O2. The molecule has 6 nitrogen and oxygen atoms in total. The van der Waals surface area contributed by atoms with E-state index in [1.54, 1.807) is 32.2 Å². The number of nitrogens with one attached hydrogen (secondary N) is 1. The van der Waals surface area contributed by atoms with Gasteiger partial charge in [-0.25, -0.2) is 0 Å². The Balaban J connectivity index is 2.28. The second-order valence-electron chi connectivity index (χ2n) is 7.00. The predicted molar refractivity (Wildman–Crippen MR) is 96.0 cm³/mol. The van der Waals surface area contributed by atoms with Crippen LogP contribution in [0.5, 0.6) is 0 Å². The van der Waals surface area contributed by atoms with E-state index in [9.17, 15) is 9.59 Å². The van der Waals surface area contributed by atoms with Gasteiger partial charge in [0.15, 0.2) is 0 Å². The molecule has 25 heavy (non-hydrogen) atoms. The highest BCUT2D eigenvalue weighted by Crippen LogP contribution is 2.28. The zero-order chi connectivity index (χ0) is 18.4. The number of nitriles is 1. The van der Waals surface area contributed by atoms with Gasteiger partial charge in [-0.2, -0.15) is 5.26 Å². The molecule has 0 aromatic carbocycles. The lowest BCUT2D eigenvalue weighted by molar-refractivity contribution is -0.118. The average molecular weight is 342 g/mol. The Morgan fingerprint density at radius 3 is 2.64 bits per heavy atom. The molecule has 1 fully saturated rings. The molecule has 0 radical (unpaired) electrons. The first-order valence-corrected chi connectivity index (χ1v) is 8.90. The van der Waals surface area contributed by atoms with E-state index in [0.29, 0.717) is 12.1 Å². The summed E-state index contributed by atoms with van der Waals surface area (Å²) in [6, 6.07) is 5.63. The standard InChI is InChI=1S/C19H26N4O2/c1-4-17(24)23(14-8-6-5-7-9-14)15-10-11-21-16(12-15)18(25)22-19(2,3)13-20/h10-12,14H,4-9H2,1-3H3,(H,22,25). The summed E-state index contributed by atoms with van der Waals surface area (Å²) in [6.07, 6.45) is 7.37. The molecule has 1 aromatic rings. The third-order valence-electron chi connectivity index (χ3n) is 4.47. The summed E-state index contributed by atoms with van der Waals surface area (Å²) in [6.45, 7) is 5.11. The van der Waals surface area contributed by atoms with E-state index in [-0.39, 0.29) is 17.6 Å². The van der Waals surface area contributed by atoms with E-state index in [2.05, 4.69) is 10.3 Å². The highest BCUT2D eigenvalue weighted by molar-refractivity contribution is 5.97. The summed E-state index contributed by atoms with van der Waals surface area (Å²) in [5.41, 5.74) is -0.0592. The van der Waals surface area contributed by atoms with Gasteiger partial charge in [0.2, 0.25) is 5.91 Å². The maximum absolute atomic E-state index is 12.5. The Kier molecular flexibility index (Phi) is 6.13. The van der Waals surface area contributed by atoms with Crippen LogP contribution in [0.15, 0.2) is 18.3 Å². The molecule has 1 heterocycles. The summed E-state index contributed by atoms with van der Waals surface area (Å²) in [5.74, 6) is -0.359. The molecule has 2 rings (SSSR count). The average Bonchev–Trinajstić information content (AvgIpc) is 2.62. The van der Waals surface area contributed by atoms with Crippen molar-refractivity contribution in [3.8, 4) is 6.07 Å². The van der Waals surface area contributed by atoms with Crippen LogP contribution in [0.25, 0.3) is 0 Å². The minimum Gasteiger partial charge on any atom is -0.333 e. The largest absolute Gasteiger partial charge is 0.333 e. The van der Waals surface area contributed by atoms with E-state index < -0.39 is 11.4 Å². The van der Waals surface area contributed by atoms with Crippen molar-refractivity contribution in [2.45, 2.75) is 70.9 Å². The molecule has 0 atom stereocenters. The zero-order valence-electron chi connectivity index (χ0n) is 15.2. The van der Waals surface area contributed by atoms with Gasteiger partial charge < -0.3 is 10.2 Å². The number of rotatable bonds is 5. The van der Waals surface area contributed by atoms with Crippen LogP contribution in [0.4, 0.5) is 5.69 Å².